The molecule has 106 valence electrons. The molecule has 1 fully saturated rings. The number of aliphatic hydroxyl groups is 1. The van der Waals surface area contributed by atoms with Crippen molar-refractivity contribution in [1.82, 2.24) is 10.0 Å². The molecule has 6 heteroatoms. The first-order chi connectivity index (χ1) is 8.99. The lowest BCUT2D eigenvalue weighted by Gasteiger charge is -2.21. The third-order valence-electron chi connectivity index (χ3n) is 3.34. The van der Waals surface area contributed by atoms with E-state index in [-0.39, 0.29) is 12.3 Å². The Kier molecular flexibility index (Phi) is 4.57. The fraction of sp³-hybridized carbons (Fsp3) is 0.538. The maximum absolute atomic E-state index is 11.9. The van der Waals surface area contributed by atoms with Crippen LogP contribution in [0, 0.1) is 0 Å². The second kappa shape index (κ2) is 6.00. The molecule has 0 bridgehead atoms. The van der Waals surface area contributed by atoms with Crippen LogP contribution < -0.4 is 10.0 Å². The average molecular weight is 284 g/mol. The van der Waals surface area contributed by atoms with Crippen molar-refractivity contribution in [2.75, 3.05) is 25.4 Å². The lowest BCUT2D eigenvalue weighted by Crippen LogP contribution is -2.45. The van der Waals surface area contributed by atoms with Gasteiger partial charge < -0.3 is 10.4 Å². The van der Waals surface area contributed by atoms with Gasteiger partial charge in [-0.1, -0.05) is 30.3 Å². The summed E-state index contributed by atoms with van der Waals surface area (Å²) in [4.78, 5) is 0. The van der Waals surface area contributed by atoms with Crippen LogP contribution in [0.4, 0.5) is 0 Å². The van der Waals surface area contributed by atoms with Gasteiger partial charge in [-0.15, -0.1) is 0 Å². The zero-order valence-electron chi connectivity index (χ0n) is 10.8. The van der Waals surface area contributed by atoms with Gasteiger partial charge in [-0.25, -0.2) is 13.1 Å². The molecule has 1 heterocycles. The molecule has 1 aromatic carbocycles. The summed E-state index contributed by atoms with van der Waals surface area (Å²) in [6, 6.07) is 9.50. The Balaban J connectivity index is 1.82. The van der Waals surface area contributed by atoms with E-state index in [1.54, 1.807) is 0 Å². The van der Waals surface area contributed by atoms with Gasteiger partial charge in [0, 0.05) is 13.1 Å². The summed E-state index contributed by atoms with van der Waals surface area (Å²) in [5.41, 5.74) is 0.0499. The first kappa shape index (κ1) is 14.5. The second-order valence-electron chi connectivity index (χ2n) is 5.03. The van der Waals surface area contributed by atoms with Crippen LogP contribution in [-0.4, -0.2) is 44.5 Å². The molecule has 1 unspecified atom stereocenters. The normalized spacial score (nSPS) is 23.6. The first-order valence-electron chi connectivity index (χ1n) is 6.44. The molecule has 1 saturated heterocycles. The lowest BCUT2D eigenvalue weighted by molar-refractivity contribution is 0.0668. The average Bonchev–Trinajstić information content (AvgIpc) is 2.84. The molecule has 0 aromatic heterocycles. The minimum Gasteiger partial charge on any atom is -0.387 e. The van der Waals surface area contributed by atoms with Crippen molar-refractivity contribution in [3.63, 3.8) is 0 Å². The van der Waals surface area contributed by atoms with Crippen molar-refractivity contribution in [2.24, 2.45) is 0 Å². The predicted molar refractivity (Wildman–Crippen MR) is 74.4 cm³/mol. The van der Waals surface area contributed by atoms with Crippen LogP contribution in [0.1, 0.15) is 12.0 Å². The van der Waals surface area contributed by atoms with Crippen LogP contribution in [0.15, 0.2) is 30.3 Å². The monoisotopic (exact) mass is 284 g/mol. The van der Waals surface area contributed by atoms with Gasteiger partial charge in [-0.3, -0.25) is 0 Å². The zero-order valence-corrected chi connectivity index (χ0v) is 11.6. The smallest absolute Gasteiger partial charge is 0.212 e. The molecule has 1 atom stereocenters. The number of sulfonamides is 1. The molecule has 0 spiro atoms. The molecule has 2 rings (SSSR count). The summed E-state index contributed by atoms with van der Waals surface area (Å²) in [6.07, 6.45) is 1.06. The highest BCUT2D eigenvalue weighted by atomic mass is 32.2. The highest BCUT2D eigenvalue weighted by Gasteiger charge is 2.32. The summed E-state index contributed by atoms with van der Waals surface area (Å²) >= 11 is 0. The van der Waals surface area contributed by atoms with Crippen molar-refractivity contribution >= 4 is 10.0 Å². The Morgan fingerprint density at radius 2 is 2.05 bits per heavy atom. The van der Waals surface area contributed by atoms with Crippen molar-refractivity contribution < 1.29 is 13.5 Å². The molecule has 0 amide bonds. The van der Waals surface area contributed by atoms with Crippen LogP contribution in [0.3, 0.4) is 0 Å². The maximum Gasteiger partial charge on any atom is 0.212 e. The molecule has 3 N–H and O–H groups in total. The van der Waals surface area contributed by atoms with Gasteiger partial charge in [0.1, 0.15) is 0 Å². The SMILES string of the molecule is O=S(=O)(CCc1ccccc1)NCC1(O)CCNC1. The van der Waals surface area contributed by atoms with Gasteiger partial charge in [0.05, 0.1) is 11.4 Å². The number of hydrogen-bond donors (Lipinski definition) is 3. The molecular formula is C13H20N2O3S. The van der Waals surface area contributed by atoms with Crippen molar-refractivity contribution in [3.8, 4) is 0 Å². The minimum atomic E-state index is -3.34. The van der Waals surface area contributed by atoms with E-state index in [9.17, 15) is 13.5 Å². The minimum absolute atomic E-state index is 0.0422. The highest BCUT2D eigenvalue weighted by molar-refractivity contribution is 7.89. The fourth-order valence-corrected chi connectivity index (χ4v) is 3.23. The molecule has 1 aromatic rings. The predicted octanol–water partition coefficient (Wildman–Crippen LogP) is -0.127. The van der Waals surface area contributed by atoms with Crippen LogP contribution in [-0.2, 0) is 16.4 Å². The first-order valence-corrected chi connectivity index (χ1v) is 8.09. The van der Waals surface area contributed by atoms with Crippen molar-refractivity contribution in [3.05, 3.63) is 35.9 Å². The zero-order chi connectivity index (χ0) is 13.8. The Labute approximate surface area is 114 Å². The Morgan fingerprint density at radius 3 is 2.68 bits per heavy atom. The summed E-state index contributed by atoms with van der Waals surface area (Å²) in [7, 11) is -3.34. The van der Waals surface area contributed by atoms with Gasteiger partial charge >= 0.3 is 0 Å². The second-order valence-corrected chi connectivity index (χ2v) is 6.95. The molecular weight excluding hydrogens is 264 g/mol. The third kappa shape index (κ3) is 4.58. The molecule has 0 radical (unpaired) electrons. The van der Waals surface area contributed by atoms with Gasteiger partial charge in [-0.2, -0.15) is 0 Å². The van der Waals surface area contributed by atoms with E-state index in [4.69, 9.17) is 0 Å². The van der Waals surface area contributed by atoms with Gasteiger partial charge in [0.15, 0.2) is 0 Å². The van der Waals surface area contributed by atoms with E-state index in [1.807, 2.05) is 30.3 Å². The third-order valence-corrected chi connectivity index (χ3v) is 4.67. The number of β-amino-alcohol motifs (C(OH)–C–C–N with tert-alkyl or cyclic N) is 1. The van der Waals surface area contributed by atoms with Crippen molar-refractivity contribution in [1.29, 1.82) is 0 Å². The summed E-state index contributed by atoms with van der Waals surface area (Å²) in [5.74, 6) is 0.0422. The lowest BCUT2D eigenvalue weighted by atomic mass is 10.1. The Hall–Kier alpha value is -0.950. The molecule has 0 aliphatic carbocycles. The summed E-state index contributed by atoms with van der Waals surface area (Å²) in [6.45, 7) is 1.24. The Bertz CT molecular complexity index is 496. The van der Waals surface area contributed by atoms with Crippen molar-refractivity contribution in [2.45, 2.75) is 18.4 Å². The van der Waals surface area contributed by atoms with Crippen LogP contribution in [0.25, 0.3) is 0 Å². The van der Waals surface area contributed by atoms with Crippen LogP contribution in [0.5, 0.6) is 0 Å². The quantitative estimate of drug-likeness (QED) is 0.680. The molecule has 0 saturated carbocycles. The summed E-state index contributed by atoms with van der Waals surface area (Å²) in [5, 5.41) is 13.1. The molecule has 1 aliphatic rings. The largest absolute Gasteiger partial charge is 0.387 e. The number of rotatable bonds is 6. The van der Waals surface area contributed by atoms with Crippen LogP contribution >= 0.6 is 0 Å². The number of hydrogen-bond acceptors (Lipinski definition) is 4. The van der Waals surface area contributed by atoms with Gasteiger partial charge in [-0.05, 0) is 24.9 Å². The number of nitrogens with one attached hydrogen (secondary N) is 2. The van der Waals surface area contributed by atoms with E-state index in [2.05, 4.69) is 10.0 Å². The fourth-order valence-electron chi connectivity index (χ4n) is 2.09. The van der Waals surface area contributed by atoms with Gasteiger partial charge in [0.2, 0.25) is 10.0 Å². The Morgan fingerprint density at radius 1 is 1.32 bits per heavy atom. The van der Waals surface area contributed by atoms with E-state index in [0.29, 0.717) is 19.4 Å². The number of benzene rings is 1. The number of aryl methyl sites for hydroxylation is 1. The molecule has 1 aliphatic heterocycles. The topological polar surface area (TPSA) is 78.4 Å². The van der Waals surface area contributed by atoms with E-state index >= 15 is 0 Å². The van der Waals surface area contributed by atoms with E-state index in [1.165, 1.54) is 0 Å². The standard InChI is InChI=1S/C13H20N2O3S/c16-13(7-8-14-10-13)11-15-19(17,18)9-6-12-4-2-1-3-5-12/h1-5,14-16H,6-11H2. The van der Waals surface area contributed by atoms with E-state index in [0.717, 1.165) is 12.1 Å². The molecule has 19 heavy (non-hydrogen) atoms. The highest BCUT2D eigenvalue weighted by Crippen LogP contribution is 2.13. The maximum atomic E-state index is 11.9. The van der Waals surface area contributed by atoms with Gasteiger partial charge in [0.25, 0.3) is 0 Å². The summed E-state index contributed by atoms with van der Waals surface area (Å²) < 4.78 is 26.2. The van der Waals surface area contributed by atoms with Crippen LogP contribution in [0.2, 0.25) is 0 Å². The van der Waals surface area contributed by atoms with E-state index < -0.39 is 15.6 Å². The molecule has 5 nitrogen and oxygen atoms in total.